The summed E-state index contributed by atoms with van der Waals surface area (Å²) in [5.41, 5.74) is 5.66. The highest BCUT2D eigenvalue weighted by Crippen LogP contribution is 2.41. The molecule has 4 heteroatoms. The molecule has 37 heavy (non-hydrogen) atoms. The summed E-state index contributed by atoms with van der Waals surface area (Å²) in [5, 5.41) is 0. The molecule has 1 saturated carbocycles. The average Bonchev–Trinajstić information content (AvgIpc) is 3.44. The fourth-order valence-corrected chi connectivity index (χ4v) is 5.43. The number of carbonyl (C=O) groups excluding carboxylic acids is 1. The van der Waals surface area contributed by atoms with E-state index in [1.807, 2.05) is 18.7 Å². The van der Waals surface area contributed by atoms with E-state index >= 15 is 0 Å². The van der Waals surface area contributed by atoms with Crippen LogP contribution in [-0.4, -0.2) is 36.1 Å². The minimum atomic E-state index is -0.249. The van der Waals surface area contributed by atoms with E-state index in [0.29, 0.717) is 31.4 Å². The Morgan fingerprint density at radius 3 is 2.49 bits per heavy atom. The zero-order valence-corrected chi connectivity index (χ0v) is 24.3. The maximum Gasteiger partial charge on any atom is 0.289 e. The number of carbonyl (C=O) groups is 1. The van der Waals surface area contributed by atoms with E-state index in [9.17, 15) is 4.79 Å². The molecule has 0 radical (unpaired) electrons. The lowest BCUT2D eigenvalue weighted by Crippen LogP contribution is -2.33. The van der Waals surface area contributed by atoms with E-state index in [1.54, 1.807) is 18.4 Å². The fraction of sp³-hybridized carbons (Fsp3) is 0.606. The molecule has 0 aromatic carbocycles. The second kappa shape index (κ2) is 15.0. The Bertz CT molecular complexity index is 981. The standard InChI is InChI=1S/C31H43NO3.C2H6/c1-7-18-32(30(33)29-17-13-20-34-29)19-12-14-23(3)26(8-2)27-21-31(5,6)35-22-28(27)24(4)25-15-10-9-11-16-25;1-2/h2,13,17,20,25H,4,7,9-12,14-16,18-19,21-22H2,1,3,5-6H3;1-2H3/b26-23+;. The van der Waals surface area contributed by atoms with Crippen LogP contribution in [0.5, 0.6) is 0 Å². The van der Waals surface area contributed by atoms with Gasteiger partial charge in [0.2, 0.25) is 0 Å². The topological polar surface area (TPSA) is 42.7 Å². The number of nitrogens with zero attached hydrogens (tertiary/aromatic N) is 1. The van der Waals surface area contributed by atoms with Crippen LogP contribution >= 0.6 is 0 Å². The second-order valence-corrected chi connectivity index (χ2v) is 10.7. The van der Waals surface area contributed by atoms with E-state index in [-0.39, 0.29) is 11.5 Å². The number of terminal acetylenes is 1. The van der Waals surface area contributed by atoms with Gasteiger partial charge in [-0.2, -0.15) is 0 Å². The maximum atomic E-state index is 12.8. The van der Waals surface area contributed by atoms with Gasteiger partial charge in [0.05, 0.1) is 18.5 Å². The lowest BCUT2D eigenvalue weighted by atomic mass is 9.76. The van der Waals surface area contributed by atoms with Gasteiger partial charge in [0.1, 0.15) is 0 Å². The smallest absolute Gasteiger partial charge is 0.289 e. The summed E-state index contributed by atoms with van der Waals surface area (Å²) in [4.78, 5) is 14.7. The normalized spacial score (nSPS) is 18.3. The van der Waals surface area contributed by atoms with Crippen LogP contribution < -0.4 is 0 Å². The Hall–Kier alpha value is -2.51. The van der Waals surface area contributed by atoms with Crippen LogP contribution in [0, 0.1) is 18.3 Å². The molecule has 0 N–H and O–H groups in total. The highest BCUT2D eigenvalue weighted by atomic mass is 16.5. The minimum Gasteiger partial charge on any atom is -0.459 e. The van der Waals surface area contributed by atoms with Crippen LogP contribution in [0.1, 0.15) is 110 Å². The van der Waals surface area contributed by atoms with Crippen LogP contribution in [0.15, 0.2) is 57.3 Å². The summed E-state index contributed by atoms with van der Waals surface area (Å²) in [7, 11) is 0. The Morgan fingerprint density at radius 1 is 1.19 bits per heavy atom. The zero-order chi connectivity index (χ0) is 27.4. The molecule has 0 unspecified atom stereocenters. The van der Waals surface area contributed by atoms with Crippen LogP contribution in [0.4, 0.5) is 0 Å². The summed E-state index contributed by atoms with van der Waals surface area (Å²) in [6.45, 7) is 19.0. The van der Waals surface area contributed by atoms with Crippen molar-refractivity contribution in [3.05, 3.63) is 58.6 Å². The SMILES string of the molecule is C#C/C(C1=C(C(=C)C2CCCCC2)COC(C)(C)C1)=C(/C)CCCN(CCC)C(=O)c1ccco1.CC. The predicted octanol–water partition coefficient (Wildman–Crippen LogP) is 8.52. The fourth-order valence-electron chi connectivity index (χ4n) is 5.43. The minimum absolute atomic E-state index is 0.0457. The molecular weight excluding hydrogens is 458 g/mol. The van der Waals surface area contributed by atoms with Gasteiger partial charge in [0, 0.05) is 25.1 Å². The summed E-state index contributed by atoms with van der Waals surface area (Å²) < 4.78 is 11.6. The van der Waals surface area contributed by atoms with Crippen molar-refractivity contribution in [1.29, 1.82) is 0 Å². The van der Waals surface area contributed by atoms with Crippen molar-refractivity contribution in [2.24, 2.45) is 5.92 Å². The van der Waals surface area contributed by atoms with E-state index < -0.39 is 0 Å². The largest absolute Gasteiger partial charge is 0.459 e. The van der Waals surface area contributed by atoms with E-state index in [2.05, 4.69) is 40.2 Å². The number of furan rings is 1. The second-order valence-electron chi connectivity index (χ2n) is 10.7. The van der Waals surface area contributed by atoms with Crippen molar-refractivity contribution < 1.29 is 13.9 Å². The first-order chi connectivity index (χ1) is 17.8. The van der Waals surface area contributed by atoms with Crippen LogP contribution in [0.25, 0.3) is 0 Å². The van der Waals surface area contributed by atoms with Gasteiger partial charge < -0.3 is 14.1 Å². The first-order valence-corrected chi connectivity index (χ1v) is 14.3. The van der Waals surface area contributed by atoms with Crippen molar-refractivity contribution in [2.75, 3.05) is 19.7 Å². The van der Waals surface area contributed by atoms with Crippen LogP contribution in [0.3, 0.4) is 0 Å². The first-order valence-electron chi connectivity index (χ1n) is 14.3. The van der Waals surface area contributed by atoms with Crippen molar-refractivity contribution in [1.82, 2.24) is 4.90 Å². The Morgan fingerprint density at radius 2 is 1.89 bits per heavy atom. The molecule has 1 aromatic rings. The molecule has 1 aliphatic heterocycles. The number of allylic oxidation sites excluding steroid dienone is 2. The van der Waals surface area contributed by atoms with Crippen LogP contribution in [-0.2, 0) is 4.74 Å². The molecule has 204 valence electrons. The third-order valence-electron chi connectivity index (χ3n) is 7.43. The summed E-state index contributed by atoms with van der Waals surface area (Å²) in [5.74, 6) is 3.92. The van der Waals surface area contributed by atoms with Crippen molar-refractivity contribution in [3.8, 4) is 12.3 Å². The van der Waals surface area contributed by atoms with Gasteiger partial charge in [-0.05, 0) is 87.6 Å². The number of rotatable bonds is 10. The lowest BCUT2D eigenvalue weighted by Gasteiger charge is -2.37. The van der Waals surface area contributed by atoms with Gasteiger partial charge in [-0.15, -0.1) is 6.42 Å². The third kappa shape index (κ3) is 8.50. The van der Waals surface area contributed by atoms with Gasteiger partial charge >= 0.3 is 0 Å². The third-order valence-corrected chi connectivity index (χ3v) is 7.43. The van der Waals surface area contributed by atoms with Crippen molar-refractivity contribution >= 4 is 5.91 Å². The van der Waals surface area contributed by atoms with E-state index in [0.717, 1.165) is 31.3 Å². The molecular formula is C33H49NO3. The molecule has 0 saturated heterocycles. The van der Waals surface area contributed by atoms with Gasteiger partial charge in [-0.25, -0.2) is 0 Å². The van der Waals surface area contributed by atoms with Gasteiger partial charge in [-0.3, -0.25) is 4.79 Å². The monoisotopic (exact) mass is 507 g/mol. The molecule has 0 spiro atoms. The van der Waals surface area contributed by atoms with Gasteiger partial charge in [0.25, 0.3) is 5.91 Å². The van der Waals surface area contributed by atoms with Gasteiger partial charge in [0.15, 0.2) is 5.76 Å². The number of ether oxygens (including phenoxy) is 1. The molecule has 2 aliphatic rings. The summed E-state index contributed by atoms with van der Waals surface area (Å²) in [6, 6.07) is 3.48. The van der Waals surface area contributed by atoms with Gasteiger partial charge in [-0.1, -0.05) is 58.1 Å². The Balaban J connectivity index is 0.00000235. The summed E-state index contributed by atoms with van der Waals surface area (Å²) >= 11 is 0. The number of hydrogen-bond donors (Lipinski definition) is 0. The molecule has 1 aliphatic carbocycles. The van der Waals surface area contributed by atoms with E-state index in [1.165, 1.54) is 54.4 Å². The molecule has 2 heterocycles. The summed E-state index contributed by atoms with van der Waals surface area (Å²) in [6.07, 6.45) is 17.4. The van der Waals surface area contributed by atoms with Crippen molar-refractivity contribution in [3.63, 3.8) is 0 Å². The van der Waals surface area contributed by atoms with E-state index in [4.69, 9.17) is 15.6 Å². The number of amides is 1. The van der Waals surface area contributed by atoms with Crippen molar-refractivity contribution in [2.45, 2.75) is 105 Å². The Kier molecular flexibility index (Phi) is 12.5. The first kappa shape index (κ1) is 30.7. The van der Waals surface area contributed by atoms with Crippen LogP contribution in [0.2, 0.25) is 0 Å². The number of hydrogen-bond acceptors (Lipinski definition) is 3. The molecule has 0 atom stereocenters. The highest BCUT2D eigenvalue weighted by molar-refractivity contribution is 5.91. The lowest BCUT2D eigenvalue weighted by molar-refractivity contribution is -0.0132. The molecule has 1 fully saturated rings. The highest BCUT2D eigenvalue weighted by Gasteiger charge is 2.32. The predicted molar refractivity (Wildman–Crippen MR) is 154 cm³/mol. The Labute approximate surface area is 226 Å². The molecule has 0 bridgehead atoms. The molecule has 1 amide bonds. The average molecular weight is 508 g/mol. The molecule has 1 aromatic heterocycles. The maximum absolute atomic E-state index is 12.8. The molecule has 3 rings (SSSR count). The zero-order valence-electron chi connectivity index (χ0n) is 24.3. The molecule has 4 nitrogen and oxygen atoms in total. The quantitative estimate of drug-likeness (QED) is 0.298.